The quantitative estimate of drug-likeness (QED) is 0.159. The molecule has 0 aliphatic carbocycles. The van der Waals surface area contributed by atoms with Gasteiger partial charge in [0.05, 0.1) is 0 Å². The standard InChI is InChI=1S/C40H35B/c1-24-20-26(3)39(27(4)21-24)41(40-28(5)22-25(2)23-29(40)6)36-19-15-32-13-17-34-33(30-10-8-7-9-11-30)16-12-31-14-18-35(36)38(32)37(31)34/h7-23H,1-6H3. The molecule has 41 heavy (non-hydrogen) atoms. The molecule has 0 bridgehead atoms. The lowest BCUT2D eigenvalue weighted by molar-refractivity contribution is 1.34. The topological polar surface area (TPSA) is 0 Å². The lowest BCUT2D eigenvalue weighted by atomic mass is 9.33. The van der Waals surface area contributed by atoms with Crippen LogP contribution in [0.25, 0.3) is 43.4 Å². The second kappa shape index (κ2) is 9.63. The highest BCUT2D eigenvalue weighted by Crippen LogP contribution is 2.39. The first-order chi connectivity index (χ1) is 19.8. The van der Waals surface area contributed by atoms with E-state index < -0.39 is 0 Å². The summed E-state index contributed by atoms with van der Waals surface area (Å²) in [7, 11) is 0. The Morgan fingerprint density at radius 1 is 0.439 bits per heavy atom. The van der Waals surface area contributed by atoms with Crippen LogP contribution in [-0.2, 0) is 0 Å². The summed E-state index contributed by atoms with van der Waals surface area (Å²) in [5, 5.41) is 8.04. The van der Waals surface area contributed by atoms with E-state index in [-0.39, 0.29) is 6.71 Å². The van der Waals surface area contributed by atoms with E-state index >= 15 is 0 Å². The van der Waals surface area contributed by atoms with Crippen molar-refractivity contribution in [3.05, 3.63) is 137 Å². The Bertz CT molecular complexity index is 2000. The van der Waals surface area contributed by atoms with E-state index in [0.29, 0.717) is 0 Å². The monoisotopic (exact) mass is 526 g/mol. The van der Waals surface area contributed by atoms with Gasteiger partial charge in [0, 0.05) is 0 Å². The maximum atomic E-state index is 2.40. The molecule has 7 aromatic rings. The molecule has 0 aliphatic heterocycles. The van der Waals surface area contributed by atoms with Crippen LogP contribution < -0.4 is 16.4 Å². The van der Waals surface area contributed by atoms with Crippen LogP contribution in [0.15, 0.2) is 103 Å². The molecule has 198 valence electrons. The van der Waals surface area contributed by atoms with Gasteiger partial charge in [-0.15, -0.1) is 0 Å². The van der Waals surface area contributed by atoms with Crippen molar-refractivity contribution >= 4 is 55.4 Å². The Balaban J connectivity index is 1.60. The Hall–Kier alpha value is -4.36. The maximum absolute atomic E-state index is 2.40. The van der Waals surface area contributed by atoms with Gasteiger partial charge in [-0.25, -0.2) is 0 Å². The largest absolute Gasteiger partial charge is 0.243 e. The van der Waals surface area contributed by atoms with Crippen LogP contribution in [0.2, 0.25) is 0 Å². The van der Waals surface area contributed by atoms with Gasteiger partial charge in [-0.2, -0.15) is 0 Å². The highest BCUT2D eigenvalue weighted by molar-refractivity contribution is 6.98. The maximum Gasteiger partial charge on any atom is 0.243 e. The molecule has 0 saturated heterocycles. The van der Waals surface area contributed by atoms with Crippen LogP contribution in [0.4, 0.5) is 0 Å². The van der Waals surface area contributed by atoms with Crippen LogP contribution in [-0.4, -0.2) is 6.71 Å². The van der Waals surface area contributed by atoms with Crippen molar-refractivity contribution < 1.29 is 0 Å². The number of hydrogen-bond donors (Lipinski definition) is 0. The number of aryl methyl sites for hydroxylation is 6. The average Bonchev–Trinajstić information content (AvgIpc) is 2.94. The van der Waals surface area contributed by atoms with E-state index in [1.54, 1.807) is 0 Å². The van der Waals surface area contributed by atoms with Gasteiger partial charge in [0.2, 0.25) is 6.71 Å². The van der Waals surface area contributed by atoms with Gasteiger partial charge in [0.25, 0.3) is 0 Å². The Kier molecular flexibility index (Phi) is 6.01. The van der Waals surface area contributed by atoms with E-state index in [4.69, 9.17) is 0 Å². The molecule has 0 aliphatic rings. The van der Waals surface area contributed by atoms with Gasteiger partial charge in [-0.05, 0) is 85.0 Å². The minimum absolute atomic E-state index is 0.148. The molecule has 0 heterocycles. The summed E-state index contributed by atoms with van der Waals surface area (Å²) >= 11 is 0. The van der Waals surface area contributed by atoms with Crippen molar-refractivity contribution in [1.29, 1.82) is 0 Å². The highest BCUT2D eigenvalue weighted by Gasteiger charge is 2.30. The van der Waals surface area contributed by atoms with Gasteiger partial charge in [0.15, 0.2) is 0 Å². The van der Waals surface area contributed by atoms with Crippen molar-refractivity contribution in [2.45, 2.75) is 41.5 Å². The zero-order valence-electron chi connectivity index (χ0n) is 24.9. The van der Waals surface area contributed by atoms with E-state index in [1.807, 2.05) is 0 Å². The fourth-order valence-electron chi connectivity index (χ4n) is 7.69. The molecule has 0 atom stereocenters. The fourth-order valence-corrected chi connectivity index (χ4v) is 7.69. The van der Waals surface area contributed by atoms with Crippen LogP contribution in [0.3, 0.4) is 0 Å². The van der Waals surface area contributed by atoms with E-state index in [2.05, 4.69) is 145 Å². The summed E-state index contributed by atoms with van der Waals surface area (Å²) in [5.74, 6) is 0. The minimum atomic E-state index is 0.148. The number of hydrogen-bond acceptors (Lipinski definition) is 0. The first-order valence-electron chi connectivity index (χ1n) is 14.7. The summed E-state index contributed by atoms with van der Waals surface area (Å²) in [6.07, 6.45) is 0. The number of rotatable bonds is 4. The van der Waals surface area contributed by atoms with Gasteiger partial charge in [0.1, 0.15) is 0 Å². The first-order valence-corrected chi connectivity index (χ1v) is 14.7. The average molecular weight is 527 g/mol. The molecular weight excluding hydrogens is 491 g/mol. The molecule has 0 saturated carbocycles. The van der Waals surface area contributed by atoms with Crippen LogP contribution in [0, 0.1) is 41.5 Å². The van der Waals surface area contributed by atoms with Crippen LogP contribution in [0.1, 0.15) is 33.4 Å². The summed E-state index contributed by atoms with van der Waals surface area (Å²) in [5.41, 5.74) is 14.9. The molecule has 0 fully saturated rings. The van der Waals surface area contributed by atoms with Crippen LogP contribution >= 0.6 is 0 Å². The fraction of sp³-hybridized carbons (Fsp3) is 0.150. The molecule has 7 rings (SSSR count). The third-order valence-electron chi connectivity index (χ3n) is 9.15. The molecule has 0 amide bonds. The third kappa shape index (κ3) is 4.06. The molecule has 1 heteroatoms. The minimum Gasteiger partial charge on any atom is -0.0657 e. The Morgan fingerprint density at radius 3 is 1.46 bits per heavy atom. The molecule has 0 radical (unpaired) electrons. The summed E-state index contributed by atoms with van der Waals surface area (Å²) in [6, 6.07) is 39.0. The second-order valence-corrected chi connectivity index (χ2v) is 12.1. The van der Waals surface area contributed by atoms with Crippen LogP contribution in [0.5, 0.6) is 0 Å². The molecule has 0 N–H and O–H groups in total. The molecular formula is C40H35B. The number of benzene rings is 7. The third-order valence-corrected chi connectivity index (χ3v) is 9.15. The van der Waals surface area contributed by atoms with E-state index in [0.717, 1.165) is 0 Å². The van der Waals surface area contributed by atoms with Crippen molar-refractivity contribution in [3.63, 3.8) is 0 Å². The summed E-state index contributed by atoms with van der Waals surface area (Å²) in [4.78, 5) is 0. The normalized spacial score (nSPS) is 11.7. The van der Waals surface area contributed by atoms with Gasteiger partial charge < -0.3 is 0 Å². The SMILES string of the molecule is Cc1cc(C)c(B(c2c(C)cc(C)cc2C)c2ccc3ccc4c(-c5ccccc5)ccc5ccc2c3c54)c(C)c1. The van der Waals surface area contributed by atoms with Crippen molar-refractivity contribution in [1.82, 2.24) is 0 Å². The zero-order chi connectivity index (χ0) is 28.4. The van der Waals surface area contributed by atoms with Crippen molar-refractivity contribution in [2.75, 3.05) is 0 Å². The highest BCUT2D eigenvalue weighted by atomic mass is 14.2. The molecule has 0 nitrogen and oxygen atoms in total. The summed E-state index contributed by atoms with van der Waals surface area (Å²) in [6.45, 7) is 13.7. The smallest absolute Gasteiger partial charge is 0.0657 e. The van der Waals surface area contributed by atoms with Gasteiger partial charge in [-0.3, -0.25) is 0 Å². The molecule has 7 aromatic carbocycles. The van der Waals surface area contributed by atoms with Gasteiger partial charge >= 0.3 is 0 Å². The van der Waals surface area contributed by atoms with Crippen molar-refractivity contribution in [3.8, 4) is 11.1 Å². The van der Waals surface area contributed by atoms with E-state index in [1.165, 1.54) is 93.2 Å². The lowest BCUT2D eigenvalue weighted by Gasteiger charge is -2.26. The van der Waals surface area contributed by atoms with E-state index in [9.17, 15) is 0 Å². The molecule has 0 spiro atoms. The molecule has 0 unspecified atom stereocenters. The first kappa shape index (κ1) is 25.6. The Morgan fingerprint density at radius 2 is 0.902 bits per heavy atom. The predicted octanol–water partition coefficient (Wildman–Crippen LogP) is 8.62. The Labute approximate surface area is 244 Å². The van der Waals surface area contributed by atoms with Gasteiger partial charge in [-0.1, -0.05) is 153 Å². The second-order valence-electron chi connectivity index (χ2n) is 12.1. The molecule has 0 aromatic heterocycles. The van der Waals surface area contributed by atoms with Crippen molar-refractivity contribution in [2.24, 2.45) is 0 Å². The predicted molar refractivity (Wildman–Crippen MR) is 182 cm³/mol. The summed E-state index contributed by atoms with van der Waals surface area (Å²) < 4.78 is 0. The zero-order valence-corrected chi connectivity index (χ0v) is 24.9. The lowest BCUT2D eigenvalue weighted by Crippen LogP contribution is -2.56.